The molecular weight excluding hydrogens is 216 g/mol. The van der Waals surface area contributed by atoms with Crippen molar-refractivity contribution in [3.63, 3.8) is 0 Å². The lowest BCUT2D eigenvalue weighted by atomic mass is 10.1. The molecule has 5 heteroatoms. The molecule has 0 radical (unpaired) electrons. The lowest BCUT2D eigenvalue weighted by Gasteiger charge is -2.25. The molecule has 1 unspecified atom stereocenters. The molecule has 5 nitrogen and oxygen atoms in total. The Labute approximate surface area is 99.3 Å². The first-order chi connectivity index (χ1) is 8.27. The molecule has 4 N–H and O–H groups in total. The lowest BCUT2D eigenvalue weighted by molar-refractivity contribution is 0.381. The van der Waals surface area contributed by atoms with Crippen LogP contribution in [0.3, 0.4) is 0 Å². The number of hydrogen-bond acceptors (Lipinski definition) is 4. The molecule has 1 fully saturated rings. The van der Waals surface area contributed by atoms with Crippen LogP contribution in [-0.2, 0) is 0 Å². The van der Waals surface area contributed by atoms with Gasteiger partial charge in [-0.1, -0.05) is 6.07 Å². The van der Waals surface area contributed by atoms with E-state index in [0.717, 1.165) is 31.4 Å². The number of imidazole rings is 1. The number of phenols is 1. The van der Waals surface area contributed by atoms with Crippen molar-refractivity contribution in [3.8, 4) is 5.75 Å². The molecule has 17 heavy (non-hydrogen) atoms. The lowest BCUT2D eigenvalue weighted by Crippen LogP contribution is -2.32. The second kappa shape index (κ2) is 3.92. The molecule has 3 rings (SSSR count). The van der Waals surface area contributed by atoms with Gasteiger partial charge in [0, 0.05) is 12.6 Å². The first kappa shape index (κ1) is 10.4. The SMILES string of the molecule is Nc1nc2c(O)cccc2n1C1CCCNC1. The van der Waals surface area contributed by atoms with Crippen molar-refractivity contribution in [3.05, 3.63) is 18.2 Å². The van der Waals surface area contributed by atoms with Gasteiger partial charge in [0.1, 0.15) is 11.3 Å². The molecule has 1 saturated heterocycles. The van der Waals surface area contributed by atoms with Crippen molar-refractivity contribution >= 4 is 17.0 Å². The maximum atomic E-state index is 9.76. The van der Waals surface area contributed by atoms with Crippen LogP contribution in [0, 0.1) is 0 Å². The fourth-order valence-corrected chi connectivity index (χ4v) is 2.56. The van der Waals surface area contributed by atoms with Gasteiger partial charge in [-0.15, -0.1) is 0 Å². The van der Waals surface area contributed by atoms with Crippen molar-refractivity contribution in [1.82, 2.24) is 14.9 Å². The van der Waals surface area contributed by atoms with Crippen molar-refractivity contribution in [2.45, 2.75) is 18.9 Å². The molecule has 1 aliphatic rings. The molecule has 2 heterocycles. The van der Waals surface area contributed by atoms with Crippen LogP contribution >= 0.6 is 0 Å². The molecule has 2 aromatic rings. The Bertz CT molecular complexity index is 543. The Morgan fingerprint density at radius 3 is 3.12 bits per heavy atom. The van der Waals surface area contributed by atoms with Gasteiger partial charge in [0.15, 0.2) is 0 Å². The summed E-state index contributed by atoms with van der Waals surface area (Å²) in [5.74, 6) is 0.673. The summed E-state index contributed by atoms with van der Waals surface area (Å²) >= 11 is 0. The van der Waals surface area contributed by atoms with Crippen LogP contribution in [0.2, 0.25) is 0 Å². The van der Waals surface area contributed by atoms with Gasteiger partial charge < -0.3 is 20.7 Å². The van der Waals surface area contributed by atoms with Gasteiger partial charge in [0.05, 0.1) is 5.52 Å². The van der Waals surface area contributed by atoms with Crippen LogP contribution in [0.5, 0.6) is 5.75 Å². The zero-order chi connectivity index (χ0) is 11.8. The largest absolute Gasteiger partial charge is 0.506 e. The number of fused-ring (bicyclic) bond motifs is 1. The number of benzene rings is 1. The van der Waals surface area contributed by atoms with Crippen LogP contribution in [0.4, 0.5) is 5.95 Å². The fourth-order valence-electron chi connectivity index (χ4n) is 2.56. The van der Waals surface area contributed by atoms with Gasteiger partial charge in [0.2, 0.25) is 5.95 Å². The first-order valence-corrected chi connectivity index (χ1v) is 5.93. The minimum Gasteiger partial charge on any atom is -0.506 e. The second-order valence-electron chi connectivity index (χ2n) is 4.49. The average Bonchev–Trinajstić information content (AvgIpc) is 2.68. The van der Waals surface area contributed by atoms with E-state index in [9.17, 15) is 5.11 Å². The van der Waals surface area contributed by atoms with E-state index in [1.54, 1.807) is 6.07 Å². The average molecular weight is 232 g/mol. The van der Waals surface area contributed by atoms with E-state index >= 15 is 0 Å². The Morgan fingerprint density at radius 1 is 1.47 bits per heavy atom. The number of nitrogens with zero attached hydrogens (tertiary/aromatic N) is 2. The summed E-state index contributed by atoms with van der Waals surface area (Å²) in [6.45, 7) is 1.97. The minimum atomic E-state index is 0.191. The number of nitrogens with one attached hydrogen (secondary N) is 1. The van der Waals surface area contributed by atoms with E-state index in [1.807, 2.05) is 16.7 Å². The van der Waals surface area contributed by atoms with E-state index in [1.165, 1.54) is 0 Å². The van der Waals surface area contributed by atoms with Crippen molar-refractivity contribution in [2.24, 2.45) is 0 Å². The number of phenolic OH excluding ortho intramolecular Hbond substituents is 1. The van der Waals surface area contributed by atoms with Gasteiger partial charge >= 0.3 is 0 Å². The van der Waals surface area contributed by atoms with Crippen LogP contribution in [0.25, 0.3) is 11.0 Å². The van der Waals surface area contributed by atoms with Crippen molar-refractivity contribution in [2.75, 3.05) is 18.8 Å². The number of para-hydroxylation sites is 1. The number of hydrogen-bond donors (Lipinski definition) is 3. The summed E-state index contributed by atoms with van der Waals surface area (Å²) in [6, 6.07) is 5.74. The monoisotopic (exact) mass is 232 g/mol. The normalized spacial score (nSPS) is 20.8. The molecular formula is C12H16N4O. The quantitative estimate of drug-likeness (QED) is 0.691. The summed E-state index contributed by atoms with van der Waals surface area (Å²) in [6.07, 6.45) is 2.24. The smallest absolute Gasteiger partial charge is 0.201 e. The Morgan fingerprint density at radius 2 is 2.35 bits per heavy atom. The predicted molar refractivity (Wildman–Crippen MR) is 67.0 cm³/mol. The molecule has 1 atom stereocenters. The van der Waals surface area contributed by atoms with Crippen molar-refractivity contribution < 1.29 is 5.11 Å². The summed E-state index contributed by atoms with van der Waals surface area (Å²) in [7, 11) is 0. The Balaban J connectivity index is 2.14. The molecule has 90 valence electrons. The number of nitrogen functional groups attached to an aromatic ring is 1. The molecule has 0 amide bonds. The van der Waals surface area contributed by atoms with E-state index in [4.69, 9.17) is 5.73 Å². The Kier molecular flexibility index (Phi) is 2.40. The molecule has 0 spiro atoms. The highest BCUT2D eigenvalue weighted by atomic mass is 16.3. The summed E-state index contributed by atoms with van der Waals surface area (Å²) in [4.78, 5) is 4.25. The molecule has 0 aliphatic carbocycles. The second-order valence-corrected chi connectivity index (χ2v) is 4.49. The molecule has 0 saturated carbocycles. The van der Waals surface area contributed by atoms with Gasteiger partial charge in [-0.3, -0.25) is 0 Å². The minimum absolute atomic E-state index is 0.191. The van der Waals surface area contributed by atoms with Crippen LogP contribution in [0.1, 0.15) is 18.9 Å². The molecule has 1 aromatic heterocycles. The van der Waals surface area contributed by atoms with E-state index in [2.05, 4.69) is 10.3 Å². The third-order valence-electron chi connectivity index (χ3n) is 3.36. The maximum absolute atomic E-state index is 9.76. The van der Waals surface area contributed by atoms with Crippen LogP contribution in [-0.4, -0.2) is 27.7 Å². The highest BCUT2D eigenvalue weighted by Gasteiger charge is 2.20. The number of piperidine rings is 1. The fraction of sp³-hybridized carbons (Fsp3) is 0.417. The predicted octanol–water partition coefficient (Wildman–Crippen LogP) is 1.25. The van der Waals surface area contributed by atoms with Gasteiger partial charge in [0.25, 0.3) is 0 Å². The van der Waals surface area contributed by atoms with Gasteiger partial charge in [-0.2, -0.15) is 0 Å². The Hall–Kier alpha value is -1.75. The van der Waals surface area contributed by atoms with E-state index in [0.29, 0.717) is 17.5 Å². The summed E-state index contributed by atoms with van der Waals surface area (Å²) in [5.41, 5.74) is 7.47. The van der Waals surface area contributed by atoms with Crippen LogP contribution in [0.15, 0.2) is 18.2 Å². The molecule has 1 aromatic carbocycles. The van der Waals surface area contributed by atoms with Gasteiger partial charge in [-0.25, -0.2) is 4.98 Å². The summed E-state index contributed by atoms with van der Waals surface area (Å²) in [5, 5.41) is 13.1. The summed E-state index contributed by atoms with van der Waals surface area (Å²) < 4.78 is 2.03. The topological polar surface area (TPSA) is 76.1 Å². The first-order valence-electron chi connectivity index (χ1n) is 5.93. The number of rotatable bonds is 1. The standard InChI is InChI=1S/C12H16N4O/c13-12-15-11-9(4-1-5-10(11)17)16(12)8-3-2-6-14-7-8/h1,4-5,8,14,17H,2-3,6-7H2,(H2,13,15). The number of aromatic hydroxyl groups is 1. The number of aromatic nitrogens is 2. The van der Waals surface area contributed by atoms with Gasteiger partial charge in [-0.05, 0) is 31.5 Å². The van der Waals surface area contributed by atoms with Crippen molar-refractivity contribution in [1.29, 1.82) is 0 Å². The third-order valence-corrected chi connectivity index (χ3v) is 3.36. The number of nitrogens with two attached hydrogens (primary N) is 1. The maximum Gasteiger partial charge on any atom is 0.201 e. The third kappa shape index (κ3) is 1.63. The number of anilines is 1. The van der Waals surface area contributed by atoms with E-state index in [-0.39, 0.29) is 5.75 Å². The molecule has 1 aliphatic heterocycles. The van der Waals surface area contributed by atoms with E-state index < -0.39 is 0 Å². The highest BCUT2D eigenvalue weighted by molar-refractivity contribution is 5.84. The van der Waals surface area contributed by atoms with Crippen LogP contribution < -0.4 is 11.1 Å². The highest BCUT2D eigenvalue weighted by Crippen LogP contribution is 2.30. The zero-order valence-corrected chi connectivity index (χ0v) is 9.56. The molecule has 0 bridgehead atoms. The zero-order valence-electron chi connectivity index (χ0n) is 9.56.